The lowest BCUT2D eigenvalue weighted by Crippen LogP contribution is -2.51. The van der Waals surface area contributed by atoms with Crippen LogP contribution in [0.3, 0.4) is 0 Å². The molecule has 1 unspecified atom stereocenters. The average Bonchev–Trinajstić information content (AvgIpc) is 3.87. The molecule has 10 heteroatoms. The number of nitrogens with one attached hydrogen (secondary N) is 1. The van der Waals surface area contributed by atoms with Gasteiger partial charge in [-0.2, -0.15) is 0 Å². The fourth-order valence-electron chi connectivity index (χ4n) is 4.77. The third-order valence-electron chi connectivity index (χ3n) is 8.26. The molecule has 3 saturated heterocycles. The van der Waals surface area contributed by atoms with Crippen LogP contribution in [-0.2, 0) is 33.9 Å². The van der Waals surface area contributed by atoms with Crippen molar-refractivity contribution < 1.29 is 33.0 Å². The summed E-state index contributed by atoms with van der Waals surface area (Å²) in [5, 5.41) is 7.08. The first-order valence-corrected chi connectivity index (χ1v) is 17.6. The van der Waals surface area contributed by atoms with Crippen molar-refractivity contribution in [2.24, 2.45) is 5.92 Å². The minimum Gasteiger partial charge on any atom is -0.381 e. The predicted molar refractivity (Wildman–Crippen MR) is 181 cm³/mol. The van der Waals surface area contributed by atoms with Gasteiger partial charge in [-0.15, -0.1) is 0 Å². The molecule has 1 aromatic rings. The van der Waals surface area contributed by atoms with Crippen molar-refractivity contribution in [3.05, 3.63) is 11.8 Å². The highest BCUT2D eigenvalue weighted by atomic mass is 16.7. The molecule has 0 bridgehead atoms. The molecule has 264 valence electrons. The van der Waals surface area contributed by atoms with Crippen LogP contribution in [0, 0.1) is 5.92 Å². The number of hydrogen-bond acceptors (Lipinski definition) is 9. The van der Waals surface area contributed by atoms with Crippen LogP contribution in [0.2, 0.25) is 0 Å². The van der Waals surface area contributed by atoms with E-state index in [9.17, 15) is 4.79 Å². The first-order chi connectivity index (χ1) is 21.6. The Labute approximate surface area is 274 Å². The lowest BCUT2D eigenvalue weighted by atomic mass is 9.90. The van der Waals surface area contributed by atoms with E-state index in [2.05, 4.69) is 22.3 Å². The number of anilines is 1. The lowest BCUT2D eigenvalue weighted by Gasteiger charge is -2.34. The maximum atomic E-state index is 13.0. The van der Waals surface area contributed by atoms with Crippen LogP contribution in [0.5, 0.6) is 0 Å². The van der Waals surface area contributed by atoms with E-state index in [-0.39, 0.29) is 17.6 Å². The average molecular weight is 642 g/mol. The molecule has 1 N–H and O–H groups in total. The Balaban J connectivity index is 0.000000639. The Morgan fingerprint density at radius 3 is 2.09 bits per heavy atom. The summed E-state index contributed by atoms with van der Waals surface area (Å²) in [6.45, 7) is 23.5. The van der Waals surface area contributed by atoms with Crippen LogP contribution in [-0.4, -0.2) is 94.2 Å². The van der Waals surface area contributed by atoms with E-state index in [4.69, 9.17) is 28.2 Å². The normalized spacial score (nSPS) is 19.0. The Hall–Kier alpha value is -1.56. The number of carbonyl (C=O) groups excluding carboxylic acids is 1. The van der Waals surface area contributed by atoms with Crippen LogP contribution >= 0.6 is 0 Å². The topological polar surface area (TPSA) is 105 Å². The number of likely N-dealkylation sites (N-methyl/N-ethyl adjacent to an activating group) is 1. The SMILES string of the molecule is C1CCOC1.C1CCOCC1.CC.CCCC(OCC)OCC(C)(C)c1cc(NC(=O)C(C)(C)N(C)CC[C@H]2CCOC2)on1. The molecule has 4 heterocycles. The van der Waals surface area contributed by atoms with Gasteiger partial charge in [0.1, 0.15) is 0 Å². The Kier molecular flexibility index (Phi) is 21.8. The number of carbonyl (C=O) groups is 1. The summed E-state index contributed by atoms with van der Waals surface area (Å²) >= 11 is 0. The van der Waals surface area contributed by atoms with Crippen molar-refractivity contribution in [2.45, 2.75) is 130 Å². The number of aromatic nitrogens is 1. The van der Waals surface area contributed by atoms with E-state index in [1.165, 1.54) is 32.1 Å². The van der Waals surface area contributed by atoms with Gasteiger partial charge in [-0.25, -0.2) is 0 Å². The Bertz CT molecular complexity index is 838. The first kappa shape index (κ1) is 41.5. The molecule has 2 atom stereocenters. The van der Waals surface area contributed by atoms with Gasteiger partial charge in [-0.05, 0) is 91.6 Å². The highest BCUT2D eigenvalue weighted by Gasteiger charge is 2.34. The molecule has 10 nitrogen and oxygen atoms in total. The van der Waals surface area contributed by atoms with Crippen molar-refractivity contribution >= 4 is 11.8 Å². The smallest absolute Gasteiger partial charge is 0.246 e. The van der Waals surface area contributed by atoms with Gasteiger partial charge in [0.15, 0.2) is 6.29 Å². The first-order valence-electron chi connectivity index (χ1n) is 17.6. The highest BCUT2D eigenvalue weighted by Crippen LogP contribution is 2.27. The molecule has 3 aliphatic rings. The summed E-state index contributed by atoms with van der Waals surface area (Å²) in [4.78, 5) is 15.1. The number of ether oxygens (including phenoxy) is 5. The summed E-state index contributed by atoms with van der Waals surface area (Å²) in [6, 6.07) is 1.78. The van der Waals surface area contributed by atoms with Crippen molar-refractivity contribution in [3.8, 4) is 0 Å². The van der Waals surface area contributed by atoms with Crippen molar-refractivity contribution in [3.63, 3.8) is 0 Å². The summed E-state index contributed by atoms with van der Waals surface area (Å²) in [6.07, 6.45) is 10.2. The van der Waals surface area contributed by atoms with E-state index in [0.717, 1.165) is 77.6 Å². The van der Waals surface area contributed by atoms with Gasteiger partial charge in [-0.1, -0.05) is 46.2 Å². The molecule has 0 spiro atoms. The van der Waals surface area contributed by atoms with Gasteiger partial charge in [0, 0.05) is 57.7 Å². The molecular weight excluding hydrogens is 574 g/mol. The maximum absolute atomic E-state index is 13.0. The molecule has 3 aliphatic heterocycles. The van der Waals surface area contributed by atoms with Gasteiger partial charge < -0.3 is 28.2 Å². The summed E-state index contributed by atoms with van der Waals surface area (Å²) < 4.78 is 32.5. The minimum atomic E-state index is -0.685. The van der Waals surface area contributed by atoms with Crippen molar-refractivity contribution in [1.29, 1.82) is 0 Å². The molecule has 45 heavy (non-hydrogen) atoms. The number of hydrogen-bond donors (Lipinski definition) is 1. The fourth-order valence-corrected chi connectivity index (χ4v) is 4.77. The van der Waals surface area contributed by atoms with E-state index in [0.29, 0.717) is 25.0 Å². The second kappa shape index (κ2) is 23.7. The predicted octanol–water partition coefficient (Wildman–Crippen LogP) is 7.22. The number of amides is 1. The Morgan fingerprint density at radius 1 is 0.978 bits per heavy atom. The fraction of sp³-hybridized carbons (Fsp3) is 0.886. The van der Waals surface area contributed by atoms with Crippen LogP contribution in [0.15, 0.2) is 10.6 Å². The third-order valence-corrected chi connectivity index (χ3v) is 8.26. The molecule has 3 fully saturated rings. The molecule has 0 saturated carbocycles. The summed E-state index contributed by atoms with van der Waals surface area (Å²) in [5.41, 5.74) is -0.340. The number of nitrogens with zero attached hydrogens (tertiary/aromatic N) is 2. The zero-order valence-electron chi connectivity index (χ0n) is 30.2. The molecule has 0 aromatic carbocycles. The van der Waals surface area contributed by atoms with Gasteiger partial charge >= 0.3 is 0 Å². The highest BCUT2D eigenvalue weighted by molar-refractivity contribution is 5.96. The molecule has 4 rings (SSSR count). The molecule has 0 radical (unpaired) electrons. The van der Waals surface area contributed by atoms with E-state index in [1.54, 1.807) is 6.07 Å². The van der Waals surface area contributed by atoms with Crippen LogP contribution < -0.4 is 5.32 Å². The summed E-state index contributed by atoms with van der Waals surface area (Å²) in [5.74, 6) is 0.801. The quantitative estimate of drug-likeness (QED) is 0.211. The standard InChI is InChI=1S/C24H43N3O5.C5H10O.C4H8O.C2H6/c1-8-10-21(30-9-2)31-17-23(3,4)19-15-20(32-26-19)25-22(28)24(5,6)27(7)13-11-18-12-14-29-16-18;1-2-4-6-5-3-1;1-2-4-5-3-1;1-2/h15,18,21H,8-14,16-17H2,1-7H3,(H,25,28);1-5H2;1-4H2;1-2H3/t18-,21?;;;/m0.../s1. The maximum Gasteiger partial charge on any atom is 0.246 e. The van der Waals surface area contributed by atoms with Crippen LogP contribution in [0.25, 0.3) is 0 Å². The zero-order valence-corrected chi connectivity index (χ0v) is 30.2. The molecule has 1 amide bonds. The second-order valence-electron chi connectivity index (χ2n) is 12.9. The van der Waals surface area contributed by atoms with Gasteiger partial charge in [0.25, 0.3) is 0 Å². The van der Waals surface area contributed by atoms with Gasteiger partial charge in [0.2, 0.25) is 11.8 Å². The van der Waals surface area contributed by atoms with Gasteiger partial charge in [0.05, 0.1) is 17.8 Å². The second-order valence-corrected chi connectivity index (χ2v) is 12.9. The minimum absolute atomic E-state index is 0.126. The molecule has 0 aliphatic carbocycles. The van der Waals surface area contributed by atoms with E-state index in [1.807, 2.05) is 55.5 Å². The Morgan fingerprint density at radius 2 is 1.60 bits per heavy atom. The van der Waals surface area contributed by atoms with Crippen LogP contribution in [0.1, 0.15) is 119 Å². The van der Waals surface area contributed by atoms with Crippen LogP contribution in [0.4, 0.5) is 5.88 Å². The third kappa shape index (κ3) is 16.7. The number of rotatable bonds is 14. The van der Waals surface area contributed by atoms with E-state index < -0.39 is 5.54 Å². The zero-order chi connectivity index (χ0) is 33.6. The lowest BCUT2D eigenvalue weighted by molar-refractivity contribution is -0.152. The molecular formula is C35H67N3O7. The van der Waals surface area contributed by atoms with Gasteiger partial charge in [-0.3, -0.25) is 15.0 Å². The molecule has 1 aromatic heterocycles. The van der Waals surface area contributed by atoms with Crippen molar-refractivity contribution in [1.82, 2.24) is 10.1 Å². The largest absolute Gasteiger partial charge is 0.381 e. The monoisotopic (exact) mass is 641 g/mol. The van der Waals surface area contributed by atoms with Crippen molar-refractivity contribution in [2.75, 3.05) is 71.8 Å². The summed E-state index contributed by atoms with van der Waals surface area (Å²) in [7, 11) is 1.98. The van der Waals surface area contributed by atoms with E-state index >= 15 is 0 Å².